The Morgan fingerprint density at radius 3 is 1.66 bits per heavy atom. The van der Waals surface area contributed by atoms with E-state index in [0.29, 0.717) is 28.3 Å². The maximum atomic E-state index is 14.8. The summed E-state index contributed by atoms with van der Waals surface area (Å²) in [6.45, 7) is 1.28. The first-order valence-corrected chi connectivity index (χ1v) is 16.7. The molecule has 2 aromatic heterocycles. The number of imidazole rings is 1. The predicted molar refractivity (Wildman–Crippen MR) is 199 cm³/mol. The summed E-state index contributed by atoms with van der Waals surface area (Å²) in [7, 11) is 5.90. The van der Waals surface area contributed by atoms with Crippen molar-refractivity contribution in [3.63, 3.8) is 0 Å². The highest BCUT2D eigenvalue weighted by molar-refractivity contribution is 6.20. The van der Waals surface area contributed by atoms with Gasteiger partial charge in [-0.25, -0.2) is 4.98 Å². The summed E-state index contributed by atoms with van der Waals surface area (Å²) in [5.74, 6) is 0.367. The van der Waals surface area contributed by atoms with Gasteiger partial charge in [-0.3, -0.25) is 9.59 Å². The molecular weight excluding hydrogens is 672 g/mol. The highest BCUT2D eigenvalue weighted by Gasteiger charge is 2.39. The Labute approximate surface area is 306 Å². The van der Waals surface area contributed by atoms with Gasteiger partial charge in [-0.2, -0.15) is 0 Å². The molecule has 0 N–H and O–H groups in total. The number of carbonyl (C=O) groups is 2. The average molecular weight is 709 g/mol. The van der Waals surface area contributed by atoms with Crippen LogP contribution < -0.4 is 23.7 Å². The fraction of sp³-hybridized carbons (Fsp3) is 0.140. The summed E-state index contributed by atoms with van der Waals surface area (Å²) >= 11 is 0. The van der Waals surface area contributed by atoms with Crippen molar-refractivity contribution in [3.8, 4) is 40.2 Å². The topological polar surface area (TPSA) is 111 Å². The quantitative estimate of drug-likeness (QED) is 0.0535. The predicted octanol–water partition coefficient (Wildman–Crippen LogP) is 8.33. The van der Waals surface area contributed by atoms with Gasteiger partial charge in [0.1, 0.15) is 11.2 Å². The normalized spacial score (nSPS) is 11.3. The van der Waals surface area contributed by atoms with Crippen LogP contribution in [0.15, 0.2) is 132 Å². The van der Waals surface area contributed by atoms with Crippen molar-refractivity contribution in [3.05, 3.63) is 156 Å². The highest BCUT2D eigenvalue weighted by Crippen LogP contribution is 2.46. The van der Waals surface area contributed by atoms with E-state index in [1.807, 2.05) is 65.4 Å². The van der Waals surface area contributed by atoms with E-state index in [2.05, 4.69) is 36.4 Å². The molecule has 0 saturated heterocycles. The number of carbonyl (C=O) groups excluding carboxylic acids is 2. The van der Waals surface area contributed by atoms with Crippen LogP contribution in [0.5, 0.6) is 28.7 Å². The third kappa shape index (κ3) is 5.93. The zero-order valence-electron chi connectivity index (χ0n) is 29.8. The lowest BCUT2D eigenvalue weighted by Gasteiger charge is -2.37. The van der Waals surface area contributed by atoms with Crippen LogP contribution in [0.4, 0.5) is 0 Å². The smallest absolute Gasteiger partial charge is 0.308 e. The largest absolute Gasteiger partial charge is 0.493 e. The summed E-state index contributed by atoms with van der Waals surface area (Å²) in [5, 5.41) is 0.380. The van der Waals surface area contributed by atoms with Crippen LogP contribution >= 0.6 is 0 Å². The van der Waals surface area contributed by atoms with Gasteiger partial charge in [0.05, 0.1) is 40.3 Å². The second-order valence-corrected chi connectivity index (χ2v) is 12.1. The molecular formula is C43H36N2O8. The Hall–Kier alpha value is -6.81. The van der Waals surface area contributed by atoms with E-state index < -0.39 is 17.3 Å². The third-order valence-corrected chi connectivity index (χ3v) is 9.17. The number of nitrogens with zero attached hydrogens (tertiary/aromatic N) is 2. The third-order valence-electron chi connectivity index (χ3n) is 9.17. The van der Waals surface area contributed by atoms with Crippen LogP contribution in [-0.2, 0) is 10.3 Å². The second kappa shape index (κ2) is 14.4. The zero-order chi connectivity index (χ0) is 37.1. The van der Waals surface area contributed by atoms with Gasteiger partial charge in [-0.1, -0.05) is 91.0 Å². The average Bonchev–Trinajstić information content (AvgIpc) is 3.85. The molecule has 5 aromatic carbocycles. The molecule has 0 aliphatic rings. The number of furan rings is 1. The van der Waals surface area contributed by atoms with E-state index in [4.69, 9.17) is 33.1 Å². The van der Waals surface area contributed by atoms with E-state index >= 15 is 0 Å². The van der Waals surface area contributed by atoms with Gasteiger partial charge in [0.25, 0.3) is 0 Å². The van der Waals surface area contributed by atoms with Gasteiger partial charge in [0.2, 0.25) is 11.5 Å². The molecule has 0 spiro atoms. The number of ether oxygens (including phenoxy) is 5. The maximum Gasteiger partial charge on any atom is 0.308 e. The fourth-order valence-electron chi connectivity index (χ4n) is 6.89. The number of aromatic nitrogens is 2. The zero-order valence-corrected chi connectivity index (χ0v) is 29.8. The first kappa shape index (κ1) is 34.6. The fourth-order valence-corrected chi connectivity index (χ4v) is 6.89. The molecule has 53 heavy (non-hydrogen) atoms. The number of rotatable bonds is 12. The van der Waals surface area contributed by atoms with Crippen molar-refractivity contribution < 1.29 is 37.7 Å². The van der Waals surface area contributed by atoms with Crippen molar-refractivity contribution >= 4 is 22.7 Å². The Bertz CT molecular complexity index is 2300. The van der Waals surface area contributed by atoms with Gasteiger partial charge >= 0.3 is 5.97 Å². The first-order chi connectivity index (χ1) is 25.8. The van der Waals surface area contributed by atoms with E-state index in [1.165, 1.54) is 35.4 Å². The van der Waals surface area contributed by atoms with E-state index in [9.17, 15) is 9.59 Å². The van der Waals surface area contributed by atoms with Crippen molar-refractivity contribution in [2.45, 2.75) is 12.5 Å². The van der Waals surface area contributed by atoms with Crippen LogP contribution in [0, 0.1) is 0 Å². The Kier molecular flexibility index (Phi) is 9.43. The molecule has 0 bridgehead atoms. The minimum Gasteiger partial charge on any atom is -0.493 e. The molecule has 0 aliphatic heterocycles. The van der Waals surface area contributed by atoms with Crippen LogP contribution in [0.1, 0.15) is 39.5 Å². The summed E-state index contributed by atoms with van der Waals surface area (Å²) in [4.78, 5) is 32.0. The molecule has 0 fully saturated rings. The highest BCUT2D eigenvalue weighted by atomic mass is 16.6. The molecule has 0 saturated carbocycles. The molecule has 10 nitrogen and oxygen atoms in total. The number of hydrogen-bond donors (Lipinski definition) is 0. The Morgan fingerprint density at radius 1 is 0.660 bits per heavy atom. The standard InChI is InChI=1S/C43H36N2O8/c1-27(46)52-42-34(48-2)22-21-32-37(38(47)28-23-35(49-3)41(51-5)36(24-28)50-4)40(53-39(32)42)33-25-45(26-44-33)43(29-15-9-6-10-16-29,30-17-11-7-12-18-30)31-19-13-8-14-20-31/h6-26H,1-5H3. The molecule has 0 aliphatic carbocycles. The van der Waals surface area contributed by atoms with Gasteiger partial charge in [0, 0.05) is 24.1 Å². The van der Waals surface area contributed by atoms with Crippen LogP contribution in [0.3, 0.4) is 0 Å². The summed E-state index contributed by atoms with van der Waals surface area (Å²) in [5.41, 5.74) is 3.00. The summed E-state index contributed by atoms with van der Waals surface area (Å²) in [6, 6.07) is 36.9. The van der Waals surface area contributed by atoms with E-state index in [0.717, 1.165) is 16.7 Å². The molecule has 0 amide bonds. The number of ketones is 1. The SMILES string of the molecule is COc1cc(C(=O)c2c(-c3cn(C(c4ccccc4)(c4ccccc4)c4ccccc4)cn3)oc3c(OC(C)=O)c(OC)ccc23)cc(OC)c1OC. The summed E-state index contributed by atoms with van der Waals surface area (Å²) < 4.78 is 36.4. The lowest BCUT2D eigenvalue weighted by molar-refractivity contribution is -0.131. The first-order valence-electron chi connectivity index (χ1n) is 16.7. The molecule has 2 heterocycles. The molecule has 10 heteroatoms. The number of esters is 1. The minimum absolute atomic E-state index is 0.0364. The molecule has 266 valence electrons. The van der Waals surface area contributed by atoms with E-state index in [-0.39, 0.29) is 34.0 Å². The van der Waals surface area contributed by atoms with Gasteiger partial charge < -0.3 is 32.7 Å². The Morgan fingerprint density at radius 2 is 1.19 bits per heavy atom. The van der Waals surface area contributed by atoms with Crippen LogP contribution in [0.2, 0.25) is 0 Å². The molecule has 0 radical (unpaired) electrons. The molecule has 0 atom stereocenters. The lowest BCUT2D eigenvalue weighted by atomic mass is 9.77. The molecule has 7 rings (SSSR count). The molecule has 0 unspecified atom stereocenters. The van der Waals surface area contributed by atoms with Gasteiger partial charge in [0.15, 0.2) is 34.4 Å². The van der Waals surface area contributed by atoms with E-state index in [1.54, 1.807) is 30.6 Å². The number of benzene rings is 5. The number of methoxy groups -OCH3 is 4. The Balaban J connectivity index is 1.52. The minimum atomic E-state index is -0.881. The van der Waals surface area contributed by atoms with Crippen LogP contribution in [0.25, 0.3) is 22.4 Å². The van der Waals surface area contributed by atoms with Crippen molar-refractivity contribution in [2.24, 2.45) is 0 Å². The van der Waals surface area contributed by atoms with Crippen LogP contribution in [-0.4, -0.2) is 49.7 Å². The van der Waals surface area contributed by atoms with Gasteiger partial charge in [-0.05, 0) is 41.0 Å². The summed E-state index contributed by atoms with van der Waals surface area (Å²) in [6.07, 6.45) is 3.59. The lowest BCUT2D eigenvalue weighted by Crippen LogP contribution is -2.36. The maximum absolute atomic E-state index is 14.8. The van der Waals surface area contributed by atoms with Gasteiger partial charge in [-0.15, -0.1) is 0 Å². The van der Waals surface area contributed by atoms with Crippen molar-refractivity contribution in [2.75, 3.05) is 28.4 Å². The second-order valence-electron chi connectivity index (χ2n) is 12.1. The number of fused-ring (bicyclic) bond motifs is 1. The monoisotopic (exact) mass is 708 g/mol. The molecule has 7 aromatic rings. The van der Waals surface area contributed by atoms with Crippen molar-refractivity contribution in [1.82, 2.24) is 9.55 Å². The number of hydrogen-bond acceptors (Lipinski definition) is 9. The van der Waals surface area contributed by atoms with Crippen molar-refractivity contribution in [1.29, 1.82) is 0 Å².